The second-order valence-corrected chi connectivity index (χ2v) is 7.68. The highest BCUT2D eigenvalue weighted by atomic mass is 35.5. The van der Waals surface area contributed by atoms with Crippen LogP contribution in [0, 0.1) is 6.92 Å². The summed E-state index contributed by atoms with van der Waals surface area (Å²) in [5.41, 5.74) is 7.84. The summed E-state index contributed by atoms with van der Waals surface area (Å²) in [6, 6.07) is 18.6. The van der Waals surface area contributed by atoms with Crippen LogP contribution in [0.4, 0.5) is 0 Å². The topological polar surface area (TPSA) is 76.6 Å². The number of nitrogens with one attached hydrogen (secondary N) is 1. The van der Waals surface area contributed by atoms with Gasteiger partial charge < -0.3 is 4.74 Å². The summed E-state index contributed by atoms with van der Waals surface area (Å²) in [6.45, 7) is 2.59. The van der Waals surface area contributed by atoms with Gasteiger partial charge in [-0.3, -0.25) is 4.98 Å². The molecule has 0 bridgehead atoms. The predicted molar refractivity (Wildman–Crippen MR) is 122 cm³/mol. The van der Waals surface area contributed by atoms with Gasteiger partial charge in [-0.15, -0.1) is 17.5 Å². The van der Waals surface area contributed by atoms with Gasteiger partial charge in [-0.05, 0) is 59.7 Å². The number of aromatic amines is 1. The number of aryl methyl sites for hydroxylation is 2. The van der Waals surface area contributed by atoms with Crippen LogP contribution in [-0.2, 0) is 19.4 Å². The van der Waals surface area contributed by atoms with Crippen LogP contribution in [-0.4, -0.2) is 25.6 Å². The third kappa shape index (κ3) is 4.44. The average Bonchev–Trinajstić information content (AvgIpc) is 3.33. The molecular weight excluding hydrogens is 410 g/mol. The quantitative estimate of drug-likeness (QED) is 0.472. The summed E-state index contributed by atoms with van der Waals surface area (Å²) < 4.78 is 6.23. The van der Waals surface area contributed by atoms with Crippen molar-refractivity contribution in [1.29, 1.82) is 0 Å². The molecule has 1 aliphatic carbocycles. The van der Waals surface area contributed by atoms with Gasteiger partial charge in [-0.1, -0.05) is 48.5 Å². The zero-order valence-electron chi connectivity index (χ0n) is 17.3. The van der Waals surface area contributed by atoms with Gasteiger partial charge in [0.25, 0.3) is 0 Å². The SMILES string of the molecule is Cc1cc(OCc2ccc(-c3ccccc3-c3nnn[nH]3)cc2)c2c(n1)CCCC2.Cl. The van der Waals surface area contributed by atoms with Crippen molar-refractivity contribution in [3.8, 4) is 28.3 Å². The number of pyridine rings is 1. The van der Waals surface area contributed by atoms with Gasteiger partial charge in [-0.25, -0.2) is 5.10 Å². The fourth-order valence-electron chi connectivity index (χ4n) is 4.09. The normalized spacial score (nSPS) is 12.7. The number of hydrogen-bond donors (Lipinski definition) is 1. The number of halogens is 1. The lowest BCUT2D eigenvalue weighted by atomic mass is 9.95. The maximum Gasteiger partial charge on any atom is 0.180 e. The smallest absolute Gasteiger partial charge is 0.180 e. The molecule has 7 heteroatoms. The summed E-state index contributed by atoms with van der Waals surface area (Å²) >= 11 is 0. The minimum Gasteiger partial charge on any atom is -0.488 e. The Morgan fingerprint density at radius 3 is 2.52 bits per heavy atom. The van der Waals surface area contributed by atoms with E-state index in [4.69, 9.17) is 9.72 Å². The van der Waals surface area contributed by atoms with Crippen molar-refractivity contribution in [2.45, 2.75) is 39.2 Å². The van der Waals surface area contributed by atoms with Crippen molar-refractivity contribution in [2.75, 3.05) is 0 Å². The zero-order valence-corrected chi connectivity index (χ0v) is 18.2. The number of hydrogen-bond acceptors (Lipinski definition) is 5. The molecule has 0 unspecified atom stereocenters. The van der Waals surface area contributed by atoms with E-state index in [-0.39, 0.29) is 12.4 Å². The number of nitrogens with zero attached hydrogens (tertiary/aromatic N) is 4. The molecule has 158 valence electrons. The van der Waals surface area contributed by atoms with Crippen molar-refractivity contribution >= 4 is 12.4 Å². The lowest BCUT2D eigenvalue weighted by Crippen LogP contribution is -2.09. The largest absolute Gasteiger partial charge is 0.488 e. The van der Waals surface area contributed by atoms with E-state index >= 15 is 0 Å². The van der Waals surface area contributed by atoms with Crippen LogP contribution >= 0.6 is 12.4 Å². The van der Waals surface area contributed by atoms with Crippen LogP contribution in [0.3, 0.4) is 0 Å². The van der Waals surface area contributed by atoms with Crippen LogP contribution < -0.4 is 4.74 Å². The Morgan fingerprint density at radius 2 is 1.74 bits per heavy atom. The first-order valence-corrected chi connectivity index (χ1v) is 10.3. The third-order valence-corrected chi connectivity index (χ3v) is 5.57. The van der Waals surface area contributed by atoms with Crippen LogP contribution in [0.5, 0.6) is 5.75 Å². The third-order valence-electron chi connectivity index (χ3n) is 5.57. The molecule has 5 rings (SSSR count). The summed E-state index contributed by atoms with van der Waals surface area (Å²) in [5.74, 6) is 1.65. The van der Waals surface area contributed by atoms with Crippen molar-refractivity contribution in [3.63, 3.8) is 0 Å². The van der Waals surface area contributed by atoms with Crippen molar-refractivity contribution in [1.82, 2.24) is 25.6 Å². The number of tetrazole rings is 1. The van der Waals surface area contributed by atoms with E-state index in [1.54, 1.807) is 0 Å². The molecule has 1 aliphatic rings. The fourth-order valence-corrected chi connectivity index (χ4v) is 4.09. The van der Waals surface area contributed by atoms with Gasteiger partial charge in [0, 0.05) is 28.6 Å². The van der Waals surface area contributed by atoms with Gasteiger partial charge in [-0.2, -0.15) is 0 Å². The van der Waals surface area contributed by atoms with E-state index in [2.05, 4.69) is 57.0 Å². The Bertz CT molecular complexity index is 1160. The lowest BCUT2D eigenvalue weighted by molar-refractivity contribution is 0.300. The first-order valence-electron chi connectivity index (χ1n) is 10.3. The second kappa shape index (κ2) is 9.27. The molecule has 0 radical (unpaired) electrons. The van der Waals surface area contributed by atoms with Crippen molar-refractivity contribution in [2.24, 2.45) is 0 Å². The highest BCUT2D eigenvalue weighted by Gasteiger charge is 2.16. The Balaban J connectivity index is 0.00000231. The monoisotopic (exact) mass is 433 g/mol. The molecule has 0 amide bonds. The molecule has 0 atom stereocenters. The maximum atomic E-state index is 6.23. The molecule has 0 saturated carbocycles. The molecule has 0 fully saturated rings. The molecule has 0 saturated heterocycles. The van der Waals surface area contributed by atoms with Gasteiger partial charge in [0.1, 0.15) is 12.4 Å². The van der Waals surface area contributed by atoms with Crippen LogP contribution in [0.25, 0.3) is 22.5 Å². The van der Waals surface area contributed by atoms with E-state index in [0.29, 0.717) is 12.4 Å². The molecule has 2 aromatic heterocycles. The van der Waals surface area contributed by atoms with E-state index in [9.17, 15) is 0 Å². The summed E-state index contributed by atoms with van der Waals surface area (Å²) in [5, 5.41) is 14.3. The van der Waals surface area contributed by atoms with Crippen molar-refractivity contribution in [3.05, 3.63) is 77.1 Å². The number of rotatable bonds is 5. The minimum atomic E-state index is 0. The molecule has 2 aromatic carbocycles. The maximum absolute atomic E-state index is 6.23. The van der Waals surface area contributed by atoms with Crippen LogP contribution in [0.2, 0.25) is 0 Å². The van der Waals surface area contributed by atoms with Gasteiger partial charge in [0.15, 0.2) is 5.82 Å². The van der Waals surface area contributed by atoms with Gasteiger partial charge in [0.2, 0.25) is 0 Å². The average molecular weight is 434 g/mol. The van der Waals surface area contributed by atoms with Crippen LogP contribution in [0.1, 0.15) is 35.4 Å². The predicted octanol–water partition coefficient (Wildman–Crippen LogP) is 5.12. The van der Waals surface area contributed by atoms with Crippen LogP contribution in [0.15, 0.2) is 54.6 Å². The molecule has 0 spiro atoms. The molecule has 1 N–H and O–H groups in total. The van der Waals surface area contributed by atoms with E-state index in [1.165, 1.54) is 24.1 Å². The fraction of sp³-hybridized carbons (Fsp3) is 0.250. The number of fused-ring (bicyclic) bond motifs is 1. The first kappa shape index (κ1) is 21.0. The van der Waals surface area contributed by atoms with Gasteiger partial charge >= 0.3 is 0 Å². The Kier molecular flexibility index (Phi) is 6.28. The molecule has 31 heavy (non-hydrogen) atoms. The Morgan fingerprint density at radius 1 is 0.968 bits per heavy atom. The van der Waals surface area contributed by atoms with E-state index in [1.807, 2.05) is 25.1 Å². The second-order valence-electron chi connectivity index (χ2n) is 7.68. The molecule has 4 aromatic rings. The molecular formula is C24H24ClN5O. The molecule has 6 nitrogen and oxygen atoms in total. The molecule has 0 aliphatic heterocycles. The van der Waals surface area contributed by atoms with E-state index < -0.39 is 0 Å². The summed E-state index contributed by atoms with van der Waals surface area (Å²) in [7, 11) is 0. The standard InChI is InChI=1S/C24H23N5O.ClH/c1-16-14-23(21-8-4-5-9-22(21)25-16)30-15-17-10-12-18(13-11-17)19-6-2-3-7-20(19)24-26-28-29-27-24;/h2-3,6-7,10-14H,4-5,8-9,15H2,1H3,(H,26,27,28,29);1H. The zero-order chi connectivity index (χ0) is 20.3. The lowest BCUT2D eigenvalue weighted by Gasteiger charge is -2.19. The van der Waals surface area contributed by atoms with Gasteiger partial charge in [0.05, 0.1) is 0 Å². The Labute approximate surface area is 187 Å². The summed E-state index contributed by atoms with van der Waals surface area (Å²) in [6.07, 6.45) is 4.55. The number of ether oxygens (including phenoxy) is 1. The minimum absolute atomic E-state index is 0. The number of H-pyrrole nitrogens is 1. The number of benzene rings is 2. The highest BCUT2D eigenvalue weighted by molar-refractivity contribution is 5.85. The summed E-state index contributed by atoms with van der Waals surface area (Å²) in [4.78, 5) is 4.71. The van der Waals surface area contributed by atoms with Crippen molar-refractivity contribution < 1.29 is 4.74 Å². The molecule has 2 heterocycles. The highest BCUT2D eigenvalue weighted by Crippen LogP contribution is 2.31. The number of aromatic nitrogens is 5. The first-order chi connectivity index (χ1) is 14.8. The van der Waals surface area contributed by atoms with E-state index in [0.717, 1.165) is 46.5 Å². The Hall–Kier alpha value is -3.25.